The standard InChI is InChI=1S/C14H17N5O3/c1-9-11(8-18(3)17-9)7-16-12-5-4-10(14(20)15-2)6-13(12)19(21)22/h4-6,8,16H,7H2,1-3H3,(H,15,20). The molecule has 0 aliphatic rings. The molecular formula is C14H17N5O3. The highest BCUT2D eigenvalue weighted by molar-refractivity contribution is 5.95. The molecule has 0 spiro atoms. The highest BCUT2D eigenvalue weighted by atomic mass is 16.6. The van der Waals surface area contributed by atoms with Gasteiger partial charge in [-0.3, -0.25) is 19.6 Å². The van der Waals surface area contributed by atoms with Gasteiger partial charge in [0.25, 0.3) is 11.6 Å². The Balaban J connectivity index is 2.25. The van der Waals surface area contributed by atoms with Crippen LogP contribution in [0.15, 0.2) is 24.4 Å². The van der Waals surface area contributed by atoms with Gasteiger partial charge in [0.1, 0.15) is 5.69 Å². The van der Waals surface area contributed by atoms with Crippen LogP contribution >= 0.6 is 0 Å². The Labute approximate surface area is 127 Å². The van der Waals surface area contributed by atoms with Gasteiger partial charge in [-0.1, -0.05) is 0 Å². The van der Waals surface area contributed by atoms with Crippen molar-refractivity contribution < 1.29 is 9.72 Å². The van der Waals surface area contributed by atoms with Gasteiger partial charge in [-0.15, -0.1) is 0 Å². The smallest absolute Gasteiger partial charge is 0.293 e. The number of carbonyl (C=O) groups is 1. The normalized spacial score (nSPS) is 10.3. The summed E-state index contributed by atoms with van der Waals surface area (Å²) in [6.45, 7) is 2.29. The summed E-state index contributed by atoms with van der Waals surface area (Å²) in [7, 11) is 3.29. The number of amides is 1. The zero-order valence-corrected chi connectivity index (χ0v) is 12.6. The van der Waals surface area contributed by atoms with E-state index in [0.29, 0.717) is 12.2 Å². The molecule has 1 heterocycles. The molecule has 0 atom stereocenters. The van der Waals surface area contributed by atoms with E-state index in [2.05, 4.69) is 15.7 Å². The van der Waals surface area contributed by atoms with E-state index in [1.807, 2.05) is 20.2 Å². The quantitative estimate of drug-likeness (QED) is 0.645. The number of nitrogens with one attached hydrogen (secondary N) is 2. The van der Waals surface area contributed by atoms with E-state index in [1.165, 1.54) is 19.2 Å². The summed E-state index contributed by atoms with van der Waals surface area (Å²) >= 11 is 0. The Morgan fingerprint density at radius 1 is 1.45 bits per heavy atom. The van der Waals surface area contributed by atoms with Gasteiger partial charge in [-0.05, 0) is 19.1 Å². The van der Waals surface area contributed by atoms with Crippen molar-refractivity contribution in [2.45, 2.75) is 13.5 Å². The lowest BCUT2D eigenvalue weighted by molar-refractivity contribution is -0.384. The second kappa shape index (κ2) is 6.25. The molecular weight excluding hydrogens is 286 g/mol. The number of anilines is 1. The number of aryl methyl sites for hydroxylation is 2. The topological polar surface area (TPSA) is 102 Å². The third-order valence-corrected chi connectivity index (χ3v) is 3.27. The molecule has 0 bridgehead atoms. The van der Waals surface area contributed by atoms with Crippen LogP contribution in [-0.4, -0.2) is 27.7 Å². The third-order valence-electron chi connectivity index (χ3n) is 3.27. The second-order valence-corrected chi connectivity index (χ2v) is 4.84. The first-order valence-corrected chi connectivity index (χ1v) is 6.66. The summed E-state index contributed by atoms with van der Waals surface area (Å²) in [5.74, 6) is -0.363. The van der Waals surface area contributed by atoms with Crippen molar-refractivity contribution in [2.75, 3.05) is 12.4 Å². The Kier molecular flexibility index (Phi) is 4.40. The number of hydrogen-bond acceptors (Lipinski definition) is 5. The Hall–Kier alpha value is -2.90. The summed E-state index contributed by atoms with van der Waals surface area (Å²) in [5.41, 5.74) is 2.28. The van der Waals surface area contributed by atoms with Gasteiger partial charge >= 0.3 is 0 Å². The average molecular weight is 303 g/mol. The predicted octanol–water partition coefficient (Wildman–Crippen LogP) is 1.61. The number of hydrogen-bond donors (Lipinski definition) is 2. The van der Waals surface area contributed by atoms with Crippen LogP contribution in [0, 0.1) is 17.0 Å². The van der Waals surface area contributed by atoms with Gasteiger partial charge in [0.2, 0.25) is 0 Å². The van der Waals surface area contributed by atoms with E-state index in [1.54, 1.807) is 10.7 Å². The van der Waals surface area contributed by atoms with Gasteiger partial charge in [0.15, 0.2) is 0 Å². The van der Waals surface area contributed by atoms with E-state index >= 15 is 0 Å². The zero-order valence-electron chi connectivity index (χ0n) is 12.6. The molecule has 116 valence electrons. The minimum atomic E-state index is -0.509. The SMILES string of the molecule is CNC(=O)c1ccc(NCc2cn(C)nc2C)c([N+](=O)[O-])c1. The molecule has 1 aromatic heterocycles. The maximum Gasteiger partial charge on any atom is 0.293 e. The number of nitrogens with zero attached hydrogens (tertiary/aromatic N) is 3. The first-order chi connectivity index (χ1) is 10.4. The lowest BCUT2D eigenvalue weighted by Crippen LogP contribution is -2.18. The molecule has 2 rings (SSSR count). The van der Waals surface area contributed by atoms with Crippen molar-refractivity contribution in [1.29, 1.82) is 0 Å². The van der Waals surface area contributed by atoms with Crippen LogP contribution < -0.4 is 10.6 Å². The van der Waals surface area contributed by atoms with Crippen LogP contribution in [-0.2, 0) is 13.6 Å². The molecule has 8 nitrogen and oxygen atoms in total. The Bertz CT molecular complexity index is 723. The summed E-state index contributed by atoms with van der Waals surface area (Å²) in [6, 6.07) is 4.34. The van der Waals surface area contributed by atoms with E-state index in [9.17, 15) is 14.9 Å². The molecule has 0 saturated heterocycles. The number of carbonyl (C=O) groups excluding carboxylic acids is 1. The number of nitro benzene ring substituents is 1. The van der Waals surface area contributed by atoms with Gasteiger partial charge < -0.3 is 10.6 Å². The molecule has 22 heavy (non-hydrogen) atoms. The molecule has 0 aliphatic carbocycles. The molecule has 0 fully saturated rings. The first-order valence-electron chi connectivity index (χ1n) is 6.66. The van der Waals surface area contributed by atoms with E-state index in [-0.39, 0.29) is 17.2 Å². The van der Waals surface area contributed by atoms with E-state index in [0.717, 1.165) is 11.3 Å². The first kappa shape index (κ1) is 15.5. The van der Waals surface area contributed by atoms with Crippen molar-refractivity contribution >= 4 is 17.3 Å². The van der Waals surface area contributed by atoms with Gasteiger partial charge in [0.05, 0.1) is 10.6 Å². The molecule has 2 N–H and O–H groups in total. The van der Waals surface area contributed by atoms with Crippen molar-refractivity contribution in [3.63, 3.8) is 0 Å². The van der Waals surface area contributed by atoms with Gasteiger partial charge in [-0.25, -0.2) is 0 Å². The van der Waals surface area contributed by atoms with Crippen LogP contribution in [0.2, 0.25) is 0 Å². The van der Waals surface area contributed by atoms with Crippen LogP contribution in [0.3, 0.4) is 0 Å². The number of aromatic nitrogens is 2. The summed E-state index contributed by atoms with van der Waals surface area (Å²) in [5, 5.41) is 20.9. The van der Waals surface area contributed by atoms with E-state index in [4.69, 9.17) is 0 Å². The number of rotatable bonds is 5. The van der Waals surface area contributed by atoms with Crippen molar-refractivity contribution in [3.05, 3.63) is 51.3 Å². The maximum absolute atomic E-state index is 11.6. The summed E-state index contributed by atoms with van der Waals surface area (Å²) in [6.07, 6.45) is 1.85. The highest BCUT2D eigenvalue weighted by Gasteiger charge is 2.17. The Morgan fingerprint density at radius 2 is 2.18 bits per heavy atom. The van der Waals surface area contributed by atoms with Crippen molar-refractivity contribution in [2.24, 2.45) is 7.05 Å². The summed E-state index contributed by atoms with van der Waals surface area (Å²) in [4.78, 5) is 22.2. The van der Waals surface area contributed by atoms with Crippen molar-refractivity contribution in [3.8, 4) is 0 Å². The minimum Gasteiger partial charge on any atom is -0.375 e. The predicted molar refractivity (Wildman–Crippen MR) is 81.8 cm³/mol. The fourth-order valence-corrected chi connectivity index (χ4v) is 2.13. The van der Waals surface area contributed by atoms with Crippen LogP contribution in [0.4, 0.5) is 11.4 Å². The summed E-state index contributed by atoms with van der Waals surface area (Å²) < 4.78 is 1.69. The zero-order chi connectivity index (χ0) is 16.3. The van der Waals surface area contributed by atoms with Crippen LogP contribution in [0.1, 0.15) is 21.6 Å². The van der Waals surface area contributed by atoms with Crippen LogP contribution in [0.25, 0.3) is 0 Å². The fraction of sp³-hybridized carbons (Fsp3) is 0.286. The number of benzene rings is 1. The van der Waals surface area contributed by atoms with Crippen LogP contribution in [0.5, 0.6) is 0 Å². The molecule has 8 heteroatoms. The fourth-order valence-electron chi connectivity index (χ4n) is 2.13. The molecule has 0 aliphatic heterocycles. The van der Waals surface area contributed by atoms with Crippen molar-refractivity contribution in [1.82, 2.24) is 15.1 Å². The largest absolute Gasteiger partial charge is 0.375 e. The minimum absolute atomic E-state index is 0.136. The molecule has 0 radical (unpaired) electrons. The second-order valence-electron chi connectivity index (χ2n) is 4.84. The lowest BCUT2D eigenvalue weighted by Gasteiger charge is -2.08. The highest BCUT2D eigenvalue weighted by Crippen LogP contribution is 2.26. The molecule has 2 aromatic rings. The molecule has 0 saturated carbocycles. The van der Waals surface area contributed by atoms with E-state index < -0.39 is 4.92 Å². The molecule has 1 aromatic carbocycles. The monoisotopic (exact) mass is 303 g/mol. The van der Waals surface area contributed by atoms with Gasteiger partial charge in [0, 0.05) is 44.0 Å². The average Bonchev–Trinajstić information content (AvgIpc) is 2.81. The Morgan fingerprint density at radius 3 is 2.73 bits per heavy atom. The molecule has 0 unspecified atom stereocenters. The van der Waals surface area contributed by atoms with Gasteiger partial charge in [-0.2, -0.15) is 5.10 Å². The number of nitro groups is 1. The third kappa shape index (κ3) is 3.22. The maximum atomic E-state index is 11.6. The lowest BCUT2D eigenvalue weighted by atomic mass is 10.1. The molecule has 1 amide bonds.